The lowest BCUT2D eigenvalue weighted by molar-refractivity contribution is 0.598. The van der Waals surface area contributed by atoms with Crippen LogP contribution in [-0.4, -0.2) is 0 Å². The molecule has 1 heteroatoms. The van der Waals surface area contributed by atoms with Crippen LogP contribution >= 0.6 is 0 Å². The van der Waals surface area contributed by atoms with Crippen LogP contribution < -0.4 is 0 Å². The predicted octanol–water partition coefficient (Wildman–Crippen LogP) is 17.1. The van der Waals surface area contributed by atoms with E-state index >= 15 is 0 Å². The molecule has 11 aromatic rings. The van der Waals surface area contributed by atoms with Gasteiger partial charge in [-0.3, -0.25) is 0 Å². The van der Waals surface area contributed by atoms with Crippen molar-refractivity contribution in [1.82, 2.24) is 0 Å². The summed E-state index contributed by atoms with van der Waals surface area (Å²) in [5.41, 5.74) is 12.2. The first kappa shape index (κ1) is 35.2. The topological polar surface area (TPSA) is 13.1 Å². The Morgan fingerprint density at radius 3 is 1.21 bits per heavy atom. The zero-order valence-corrected chi connectivity index (χ0v) is 33.6. The first-order valence-electron chi connectivity index (χ1n) is 21.3. The van der Waals surface area contributed by atoms with Crippen LogP contribution in [0.4, 0.5) is 0 Å². The van der Waals surface area contributed by atoms with Gasteiger partial charge in [0, 0.05) is 11.1 Å². The van der Waals surface area contributed by atoms with Gasteiger partial charge in [0.2, 0.25) is 0 Å². The van der Waals surface area contributed by atoms with Gasteiger partial charge in [-0.15, -0.1) is 0 Å². The molecule has 0 bridgehead atoms. The van der Waals surface area contributed by atoms with E-state index in [1.165, 1.54) is 98.4 Å². The fourth-order valence-corrected chi connectivity index (χ4v) is 10.1. The van der Waals surface area contributed by atoms with E-state index < -0.39 is 0 Å². The van der Waals surface area contributed by atoms with Crippen molar-refractivity contribution in [3.63, 3.8) is 0 Å². The molecule has 0 fully saturated rings. The van der Waals surface area contributed by atoms with E-state index in [2.05, 4.69) is 218 Å². The molecule has 0 radical (unpaired) electrons. The Labute approximate surface area is 355 Å². The summed E-state index contributed by atoms with van der Waals surface area (Å²) in [6.45, 7) is 0. The van der Waals surface area contributed by atoms with Crippen LogP contribution in [0.2, 0.25) is 0 Å². The summed E-state index contributed by atoms with van der Waals surface area (Å²) in [5, 5.41) is 12.5. The molecule has 286 valence electrons. The van der Waals surface area contributed by atoms with Gasteiger partial charge in [-0.25, -0.2) is 0 Å². The summed E-state index contributed by atoms with van der Waals surface area (Å²) in [4.78, 5) is 0. The van der Waals surface area contributed by atoms with E-state index in [9.17, 15) is 0 Å². The van der Waals surface area contributed by atoms with Gasteiger partial charge in [-0.05, 0) is 129 Å². The molecule has 1 nitrogen and oxygen atoms in total. The minimum Gasteiger partial charge on any atom is -0.456 e. The molecule has 0 saturated carbocycles. The Hall–Kier alpha value is -7.74. The lowest BCUT2D eigenvalue weighted by Gasteiger charge is -2.20. The highest BCUT2D eigenvalue weighted by atomic mass is 16.3. The Kier molecular flexibility index (Phi) is 8.38. The number of rotatable bonds is 6. The summed E-state index contributed by atoms with van der Waals surface area (Å²) in [7, 11) is 0. The fraction of sp³-hybridized carbons (Fsp3) is 0.0333. The number of allylic oxidation sites excluding steroid dienone is 4. The van der Waals surface area contributed by atoms with E-state index in [1.54, 1.807) is 0 Å². The maximum absolute atomic E-state index is 6.77. The molecule has 61 heavy (non-hydrogen) atoms. The van der Waals surface area contributed by atoms with Crippen LogP contribution in [0, 0.1) is 0 Å². The SMILES string of the molecule is C1=CC(c2c3ccccc3c(-c3ccc(-c4ccc(-c5ccc(-c6c7ccccc7c(-c7ccccc7)c7ccccc67)cc5)o4)c4ccccc34)c3ccccc23)=CCC1. The van der Waals surface area contributed by atoms with Crippen molar-refractivity contribution in [3.05, 3.63) is 224 Å². The summed E-state index contributed by atoms with van der Waals surface area (Å²) in [5.74, 6) is 1.71. The third-order valence-electron chi connectivity index (χ3n) is 12.7. The van der Waals surface area contributed by atoms with Gasteiger partial charge < -0.3 is 4.42 Å². The fourth-order valence-electron chi connectivity index (χ4n) is 10.1. The average Bonchev–Trinajstić information content (AvgIpc) is 3.83. The first-order chi connectivity index (χ1) is 30.3. The standard InChI is InChI=1S/C60H40O/c1-3-17-40(18-4-1)57-46-23-9-11-25-48(46)59(49-26-12-10-24-47(49)57)42-33-31-39(32-34-42)55-37-38-56(61-55)45-35-36-54(44-22-8-7-21-43(44)45)60-52-29-15-13-27-50(52)58(41-19-5-2-6-20-41)51-28-14-16-30-53(51)60/h1,3-5,7-38H,2,6H2. The Bertz CT molecular complexity index is 3450. The second-order valence-electron chi connectivity index (χ2n) is 16.1. The van der Waals surface area contributed by atoms with Gasteiger partial charge in [0.1, 0.15) is 11.5 Å². The Morgan fingerprint density at radius 2 is 0.689 bits per heavy atom. The van der Waals surface area contributed by atoms with Crippen LogP contribution in [0.3, 0.4) is 0 Å². The molecule has 0 aliphatic heterocycles. The number of benzene rings is 10. The van der Waals surface area contributed by atoms with Crippen LogP contribution in [0.5, 0.6) is 0 Å². The maximum atomic E-state index is 6.77. The molecule has 0 saturated heterocycles. The van der Waals surface area contributed by atoms with Gasteiger partial charge in [0.05, 0.1) is 0 Å². The van der Waals surface area contributed by atoms with Crippen molar-refractivity contribution in [2.75, 3.05) is 0 Å². The molecular formula is C60H40O. The second kappa shape index (κ2) is 14.5. The van der Waals surface area contributed by atoms with E-state index in [4.69, 9.17) is 4.42 Å². The van der Waals surface area contributed by atoms with Crippen molar-refractivity contribution in [1.29, 1.82) is 0 Å². The maximum Gasteiger partial charge on any atom is 0.135 e. The second-order valence-corrected chi connectivity index (χ2v) is 16.1. The number of hydrogen-bond donors (Lipinski definition) is 0. The van der Waals surface area contributed by atoms with Crippen molar-refractivity contribution in [2.45, 2.75) is 12.8 Å². The predicted molar refractivity (Wildman–Crippen MR) is 260 cm³/mol. The van der Waals surface area contributed by atoms with Crippen molar-refractivity contribution < 1.29 is 4.42 Å². The highest BCUT2D eigenvalue weighted by Crippen LogP contribution is 2.47. The summed E-state index contributed by atoms with van der Waals surface area (Å²) >= 11 is 0. The highest BCUT2D eigenvalue weighted by Gasteiger charge is 2.21. The van der Waals surface area contributed by atoms with Gasteiger partial charge in [-0.1, -0.05) is 200 Å². The molecule has 12 rings (SSSR count). The van der Waals surface area contributed by atoms with Crippen LogP contribution in [0.1, 0.15) is 18.4 Å². The summed E-state index contributed by atoms with van der Waals surface area (Å²) in [6, 6.07) is 72.8. The molecule has 0 unspecified atom stereocenters. The molecule has 0 atom stereocenters. The third kappa shape index (κ3) is 5.77. The summed E-state index contributed by atoms with van der Waals surface area (Å²) < 4.78 is 6.77. The molecule has 0 N–H and O–H groups in total. The molecule has 0 amide bonds. The van der Waals surface area contributed by atoms with Gasteiger partial charge in [0.25, 0.3) is 0 Å². The van der Waals surface area contributed by atoms with E-state index in [1.807, 2.05) is 0 Å². The quantitative estimate of drug-likeness (QED) is 0.153. The van der Waals surface area contributed by atoms with Crippen LogP contribution in [0.25, 0.3) is 115 Å². The third-order valence-corrected chi connectivity index (χ3v) is 12.7. The van der Waals surface area contributed by atoms with Crippen LogP contribution in [-0.2, 0) is 0 Å². The molecule has 1 aliphatic carbocycles. The normalized spacial score (nSPS) is 12.8. The summed E-state index contributed by atoms with van der Waals surface area (Å²) in [6.07, 6.45) is 9.18. The number of furan rings is 1. The number of fused-ring (bicyclic) bond motifs is 5. The highest BCUT2D eigenvalue weighted by molar-refractivity contribution is 6.23. The van der Waals surface area contributed by atoms with Gasteiger partial charge in [-0.2, -0.15) is 0 Å². The minimum atomic E-state index is 0.850. The van der Waals surface area contributed by atoms with Crippen molar-refractivity contribution in [2.24, 2.45) is 0 Å². The molecule has 1 heterocycles. The smallest absolute Gasteiger partial charge is 0.135 e. The van der Waals surface area contributed by atoms with E-state index in [0.717, 1.165) is 35.5 Å². The minimum absolute atomic E-state index is 0.850. The monoisotopic (exact) mass is 776 g/mol. The van der Waals surface area contributed by atoms with E-state index in [0.29, 0.717) is 0 Å². The first-order valence-corrected chi connectivity index (χ1v) is 21.3. The van der Waals surface area contributed by atoms with E-state index in [-0.39, 0.29) is 0 Å². The van der Waals surface area contributed by atoms with Crippen molar-refractivity contribution in [3.8, 4) is 56.0 Å². The molecule has 0 spiro atoms. The molecule has 10 aromatic carbocycles. The molecular weight excluding hydrogens is 737 g/mol. The average molecular weight is 777 g/mol. The zero-order chi connectivity index (χ0) is 40.3. The van der Waals surface area contributed by atoms with Crippen LogP contribution in [0.15, 0.2) is 223 Å². The van der Waals surface area contributed by atoms with Gasteiger partial charge >= 0.3 is 0 Å². The Balaban J connectivity index is 0.952. The largest absolute Gasteiger partial charge is 0.456 e. The lowest BCUT2D eigenvalue weighted by atomic mass is 9.83. The van der Waals surface area contributed by atoms with Crippen molar-refractivity contribution >= 4 is 59.4 Å². The van der Waals surface area contributed by atoms with Gasteiger partial charge in [0.15, 0.2) is 0 Å². The lowest BCUT2D eigenvalue weighted by Crippen LogP contribution is -1.95. The number of hydrogen-bond acceptors (Lipinski definition) is 1. The Morgan fingerprint density at radius 1 is 0.279 bits per heavy atom. The molecule has 1 aromatic heterocycles. The molecule has 1 aliphatic rings. The zero-order valence-electron chi connectivity index (χ0n) is 33.6.